The monoisotopic (exact) mass is 303 g/mol. The molecule has 0 saturated heterocycles. The third kappa shape index (κ3) is 2.60. The molecule has 0 aliphatic rings. The predicted molar refractivity (Wildman–Crippen MR) is 79.9 cm³/mol. The molecule has 2 aromatic heterocycles. The van der Waals surface area contributed by atoms with E-state index in [0.29, 0.717) is 22.7 Å². The van der Waals surface area contributed by atoms with Crippen LogP contribution in [0.15, 0.2) is 48.7 Å². The Morgan fingerprint density at radius 1 is 1.24 bits per heavy atom. The number of anilines is 1. The third-order valence-electron chi connectivity index (χ3n) is 3.03. The highest BCUT2D eigenvalue weighted by Gasteiger charge is 2.15. The summed E-state index contributed by atoms with van der Waals surface area (Å²) in [4.78, 5) is 16.1. The molecular formula is C15H11ClFN3O. The minimum absolute atomic E-state index is 0.150. The quantitative estimate of drug-likeness (QED) is 0.755. The second kappa shape index (κ2) is 5.54. The zero-order chi connectivity index (χ0) is 14.8. The number of carbonyl (C=O) groups is 1. The number of amides is 1. The summed E-state index contributed by atoms with van der Waals surface area (Å²) in [7, 11) is 0. The highest BCUT2D eigenvalue weighted by molar-refractivity contribution is 6.29. The summed E-state index contributed by atoms with van der Waals surface area (Å²) >= 11 is 5.55. The lowest BCUT2D eigenvalue weighted by atomic mass is 10.1. The van der Waals surface area contributed by atoms with Crippen LogP contribution in [0.5, 0.6) is 0 Å². The molecule has 21 heavy (non-hydrogen) atoms. The van der Waals surface area contributed by atoms with E-state index in [2.05, 4.69) is 10.3 Å². The molecule has 0 bridgehead atoms. The molecule has 3 aromatic rings. The van der Waals surface area contributed by atoms with Gasteiger partial charge in [0.15, 0.2) is 0 Å². The lowest BCUT2D eigenvalue weighted by Gasteiger charge is -2.06. The van der Waals surface area contributed by atoms with Gasteiger partial charge in [0.05, 0.1) is 0 Å². The Morgan fingerprint density at radius 2 is 2.00 bits per heavy atom. The topological polar surface area (TPSA) is 46.4 Å². The molecule has 1 aromatic carbocycles. The lowest BCUT2D eigenvalue weighted by Crippen LogP contribution is -2.14. The smallest absolute Gasteiger partial charge is 0.240 e. The van der Waals surface area contributed by atoms with Gasteiger partial charge in [0, 0.05) is 11.8 Å². The van der Waals surface area contributed by atoms with Gasteiger partial charge in [0.25, 0.3) is 0 Å². The SMILES string of the molecule is O=C(CCl)Nc1c(-c2ccc(F)cc2)nc2ccccn12. The van der Waals surface area contributed by atoms with Crippen molar-refractivity contribution in [2.75, 3.05) is 11.2 Å². The first-order chi connectivity index (χ1) is 10.2. The van der Waals surface area contributed by atoms with Gasteiger partial charge in [-0.3, -0.25) is 9.20 Å². The first-order valence-corrected chi connectivity index (χ1v) is 6.81. The van der Waals surface area contributed by atoms with E-state index in [1.54, 1.807) is 22.7 Å². The fourth-order valence-corrected chi connectivity index (χ4v) is 2.16. The van der Waals surface area contributed by atoms with E-state index in [-0.39, 0.29) is 17.6 Å². The molecule has 0 aliphatic carbocycles. The number of carbonyl (C=O) groups excluding carboxylic acids is 1. The van der Waals surface area contributed by atoms with Crippen LogP contribution in [0.3, 0.4) is 0 Å². The minimum Gasteiger partial charge on any atom is -0.309 e. The molecular weight excluding hydrogens is 293 g/mol. The molecule has 0 atom stereocenters. The van der Waals surface area contributed by atoms with Crippen LogP contribution in [0.25, 0.3) is 16.9 Å². The van der Waals surface area contributed by atoms with Crippen molar-refractivity contribution in [2.45, 2.75) is 0 Å². The van der Waals surface area contributed by atoms with Crippen molar-refractivity contribution in [3.8, 4) is 11.3 Å². The molecule has 0 unspecified atom stereocenters. The average Bonchev–Trinajstić information content (AvgIpc) is 2.87. The fraction of sp³-hybridized carbons (Fsp3) is 0.0667. The number of hydrogen-bond donors (Lipinski definition) is 1. The van der Waals surface area contributed by atoms with Crippen LogP contribution < -0.4 is 5.32 Å². The zero-order valence-electron chi connectivity index (χ0n) is 10.9. The average molecular weight is 304 g/mol. The van der Waals surface area contributed by atoms with Crippen LogP contribution in [0.4, 0.5) is 10.2 Å². The normalized spacial score (nSPS) is 10.8. The Kier molecular flexibility index (Phi) is 3.58. The van der Waals surface area contributed by atoms with Crippen LogP contribution >= 0.6 is 11.6 Å². The van der Waals surface area contributed by atoms with Gasteiger partial charge < -0.3 is 5.32 Å². The number of benzene rings is 1. The van der Waals surface area contributed by atoms with Gasteiger partial charge in [0.1, 0.15) is 28.9 Å². The van der Waals surface area contributed by atoms with Crippen molar-refractivity contribution in [1.82, 2.24) is 9.38 Å². The van der Waals surface area contributed by atoms with Gasteiger partial charge in [-0.1, -0.05) is 6.07 Å². The van der Waals surface area contributed by atoms with Gasteiger partial charge in [-0.05, 0) is 36.4 Å². The van der Waals surface area contributed by atoms with E-state index in [0.717, 1.165) is 0 Å². The van der Waals surface area contributed by atoms with Crippen molar-refractivity contribution in [1.29, 1.82) is 0 Å². The van der Waals surface area contributed by atoms with Gasteiger partial charge in [0.2, 0.25) is 5.91 Å². The molecule has 1 amide bonds. The molecule has 0 spiro atoms. The summed E-state index contributed by atoms with van der Waals surface area (Å²) in [6.45, 7) is 0. The Balaban J connectivity index is 2.18. The standard InChI is InChI=1S/C15H11ClFN3O/c16-9-13(21)19-15-14(10-4-6-11(17)7-5-10)18-12-3-1-2-8-20(12)15/h1-8H,9H2,(H,19,21). The predicted octanol–water partition coefficient (Wildman–Crippen LogP) is 3.32. The van der Waals surface area contributed by atoms with E-state index in [9.17, 15) is 9.18 Å². The number of hydrogen-bond acceptors (Lipinski definition) is 2. The van der Waals surface area contributed by atoms with Crippen LogP contribution in [0.1, 0.15) is 0 Å². The van der Waals surface area contributed by atoms with Crippen LogP contribution in [0.2, 0.25) is 0 Å². The van der Waals surface area contributed by atoms with Crippen molar-refractivity contribution in [3.63, 3.8) is 0 Å². The summed E-state index contributed by atoms with van der Waals surface area (Å²) in [5.74, 6) is -0.287. The van der Waals surface area contributed by atoms with Crippen molar-refractivity contribution < 1.29 is 9.18 Å². The fourth-order valence-electron chi connectivity index (χ4n) is 2.09. The minimum atomic E-state index is -0.328. The number of nitrogens with zero attached hydrogens (tertiary/aromatic N) is 2. The maximum Gasteiger partial charge on any atom is 0.240 e. The summed E-state index contributed by atoms with van der Waals surface area (Å²) in [6.07, 6.45) is 1.79. The van der Waals surface area contributed by atoms with Crippen molar-refractivity contribution in [3.05, 3.63) is 54.5 Å². The number of alkyl halides is 1. The highest BCUT2D eigenvalue weighted by atomic mass is 35.5. The second-order valence-corrected chi connectivity index (χ2v) is 4.69. The summed E-state index contributed by atoms with van der Waals surface area (Å²) in [5, 5.41) is 2.73. The Bertz CT molecular complexity index is 798. The van der Waals surface area contributed by atoms with E-state index in [4.69, 9.17) is 11.6 Å². The lowest BCUT2D eigenvalue weighted by molar-refractivity contribution is -0.113. The maximum atomic E-state index is 13.1. The van der Waals surface area contributed by atoms with Gasteiger partial charge >= 0.3 is 0 Å². The van der Waals surface area contributed by atoms with E-state index in [1.807, 2.05) is 18.2 Å². The molecule has 2 heterocycles. The van der Waals surface area contributed by atoms with Crippen molar-refractivity contribution >= 4 is 29.0 Å². The first-order valence-electron chi connectivity index (χ1n) is 6.28. The Labute approximate surface area is 125 Å². The molecule has 1 N–H and O–H groups in total. The third-order valence-corrected chi connectivity index (χ3v) is 3.27. The van der Waals surface area contributed by atoms with E-state index < -0.39 is 0 Å². The number of rotatable bonds is 3. The van der Waals surface area contributed by atoms with Crippen LogP contribution in [0, 0.1) is 5.82 Å². The number of aromatic nitrogens is 2. The van der Waals surface area contributed by atoms with Crippen molar-refractivity contribution in [2.24, 2.45) is 0 Å². The maximum absolute atomic E-state index is 13.1. The summed E-state index contributed by atoms with van der Waals surface area (Å²) < 4.78 is 14.8. The molecule has 0 fully saturated rings. The molecule has 4 nitrogen and oxygen atoms in total. The van der Waals surface area contributed by atoms with Gasteiger partial charge in [-0.2, -0.15) is 0 Å². The number of fused-ring (bicyclic) bond motifs is 1. The molecule has 106 valence electrons. The van der Waals surface area contributed by atoms with Crippen LogP contribution in [-0.4, -0.2) is 21.2 Å². The molecule has 3 rings (SSSR count). The number of halogens is 2. The van der Waals surface area contributed by atoms with Gasteiger partial charge in [-0.25, -0.2) is 9.37 Å². The van der Waals surface area contributed by atoms with Crippen LogP contribution in [-0.2, 0) is 4.79 Å². The Morgan fingerprint density at radius 3 is 2.71 bits per heavy atom. The number of imidazole rings is 1. The molecule has 0 aliphatic heterocycles. The summed E-state index contributed by atoms with van der Waals surface area (Å²) in [6, 6.07) is 11.5. The number of nitrogens with one attached hydrogen (secondary N) is 1. The Hall–Kier alpha value is -2.40. The number of pyridine rings is 1. The molecule has 0 saturated carbocycles. The molecule has 6 heteroatoms. The first kappa shape index (κ1) is 13.6. The zero-order valence-corrected chi connectivity index (χ0v) is 11.6. The summed E-state index contributed by atoms with van der Waals surface area (Å²) in [5.41, 5.74) is 1.96. The van der Waals surface area contributed by atoms with Gasteiger partial charge in [-0.15, -0.1) is 11.6 Å². The largest absolute Gasteiger partial charge is 0.309 e. The molecule has 0 radical (unpaired) electrons. The van der Waals surface area contributed by atoms with E-state index >= 15 is 0 Å². The van der Waals surface area contributed by atoms with E-state index in [1.165, 1.54) is 12.1 Å². The highest BCUT2D eigenvalue weighted by Crippen LogP contribution is 2.28. The second-order valence-electron chi connectivity index (χ2n) is 4.43.